The largest absolute Gasteiger partial charge is 0.497 e. The number of carbonyl (C=O) groups excluding carboxylic acids is 2. The summed E-state index contributed by atoms with van der Waals surface area (Å²) in [4.78, 5) is 20.9. The van der Waals surface area contributed by atoms with E-state index in [1.165, 1.54) is 19.2 Å². The summed E-state index contributed by atoms with van der Waals surface area (Å²) in [6.45, 7) is 0.0990. The third-order valence-electron chi connectivity index (χ3n) is 1.46. The maximum Gasteiger partial charge on any atom is 0.345 e. The lowest BCUT2D eigenvalue weighted by atomic mass is 10.2. The fourth-order valence-corrected chi connectivity index (χ4v) is 0.862. The SMILES string of the molecule is COc1cccc(C(=O)OC=O)c1. The minimum atomic E-state index is -0.686. The topological polar surface area (TPSA) is 52.6 Å². The Morgan fingerprint density at radius 2 is 2.23 bits per heavy atom. The van der Waals surface area contributed by atoms with Crippen LogP contribution in [0.5, 0.6) is 5.75 Å². The van der Waals surface area contributed by atoms with Gasteiger partial charge in [0.25, 0.3) is 0 Å². The summed E-state index contributed by atoms with van der Waals surface area (Å²) < 4.78 is 9.04. The van der Waals surface area contributed by atoms with Gasteiger partial charge in [-0.2, -0.15) is 0 Å². The van der Waals surface area contributed by atoms with Crippen LogP contribution in [-0.4, -0.2) is 19.6 Å². The lowest BCUT2D eigenvalue weighted by molar-refractivity contribution is -0.123. The number of methoxy groups -OCH3 is 1. The van der Waals surface area contributed by atoms with Gasteiger partial charge in [0.1, 0.15) is 5.75 Å². The molecule has 0 saturated carbocycles. The second kappa shape index (κ2) is 4.25. The predicted molar refractivity (Wildman–Crippen MR) is 44.5 cm³/mol. The molecular weight excluding hydrogens is 172 g/mol. The molecule has 0 atom stereocenters. The number of benzene rings is 1. The number of ether oxygens (including phenoxy) is 2. The van der Waals surface area contributed by atoms with Gasteiger partial charge in [0.2, 0.25) is 0 Å². The van der Waals surface area contributed by atoms with Gasteiger partial charge in [0.15, 0.2) is 0 Å². The standard InChI is InChI=1S/C9H8O4/c1-12-8-4-2-3-7(5-8)9(11)13-6-10/h2-6H,1H3. The molecule has 0 heterocycles. The molecule has 1 aromatic rings. The molecule has 0 saturated heterocycles. The fourth-order valence-electron chi connectivity index (χ4n) is 0.862. The Morgan fingerprint density at radius 1 is 1.46 bits per heavy atom. The fraction of sp³-hybridized carbons (Fsp3) is 0.111. The van der Waals surface area contributed by atoms with Crippen molar-refractivity contribution in [3.8, 4) is 5.75 Å². The normalized spacial score (nSPS) is 9.00. The van der Waals surface area contributed by atoms with E-state index in [1.54, 1.807) is 12.1 Å². The van der Waals surface area contributed by atoms with E-state index in [9.17, 15) is 9.59 Å². The van der Waals surface area contributed by atoms with Gasteiger partial charge in [0, 0.05) is 0 Å². The summed E-state index contributed by atoms with van der Waals surface area (Å²) in [6, 6.07) is 6.36. The van der Waals surface area contributed by atoms with Crippen molar-refractivity contribution in [1.82, 2.24) is 0 Å². The van der Waals surface area contributed by atoms with Crippen LogP contribution in [0.1, 0.15) is 10.4 Å². The van der Waals surface area contributed by atoms with Crippen molar-refractivity contribution in [2.75, 3.05) is 7.11 Å². The minimum Gasteiger partial charge on any atom is -0.497 e. The Bertz CT molecular complexity index is 319. The summed E-state index contributed by atoms with van der Waals surface area (Å²) in [5.41, 5.74) is 0.284. The Morgan fingerprint density at radius 3 is 2.85 bits per heavy atom. The highest BCUT2D eigenvalue weighted by Gasteiger charge is 2.06. The van der Waals surface area contributed by atoms with Crippen LogP contribution in [0, 0.1) is 0 Å². The molecule has 0 bridgehead atoms. The Hall–Kier alpha value is -1.84. The van der Waals surface area contributed by atoms with E-state index >= 15 is 0 Å². The monoisotopic (exact) mass is 180 g/mol. The number of esters is 1. The first-order valence-electron chi connectivity index (χ1n) is 3.56. The van der Waals surface area contributed by atoms with E-state index in [4.69, 9.17) is 4.74 Å². The molecule has 1 aromatic carbocycles. The van der Waals surface area contributed by atoms with Gasteiger partial charge in [0.05, 0.1) is 12.7 Å². The van der Waals surface area contributed by atoms with Gasteiger partial charge in [-0.1, -0.05) is 6.07 Å². The average molecular weight is 180 g/mol. The first kappa shape index (κ1) is 9.25. The molecule has 0 fully saturated rings. The minimum absolute atomic E-state index is 0.0990. The van der Waals surface area contributed by atoms with Crippen molar-refractivity contribution in [2.24, 2.45) is 0 Å². The number of hydrogen-bond acceptors (Lipinski definition) is 4. The molecule has 0 spiro atoms. The van der Waals surface area contributed by atoms with Crippen LogP contribution in [-0.2, 0) is 9.53 Å². The highest BCUT2D eigenvalue weighted by Crippen LogP contribution is 2.12. The maximum atomic E-state index is 11.0. The van der Waals surface area contributed by atoms with E-state index < -0.39 is 5.97 Å². The summed E-state index contributed by atoms with van der Waals surface area (Å²) >= 11 is 0. The molecule has 4 nitrogen and oxygen atoms in total. The lowest BCUT2D eigenvalue weighted by Gasteiger charge is -2.00. The van der Waals surface area contributed by atoms with Crippen molar-refractivity contribution in [3.05, 3.63) is 29.8 Å². The highest BCUT2D eigenvalue weighted by atomic mass is 16.6. The van der Waals surface area contributed by atoms with Crippen molar-refractivity contribution < 1.29 is 19.1 Å². The Labute approximate surface area is 75.1 Å². The van der Waals surface area contributed by atoms with Gasteiger partial charge in [-0.05, 0) is 18.2 Å². The average Bonchev–Trinajstić information content (AvgIpc) is 2.18. The Balaban J connectivity index is 2.87. The summed E-state index contributed by atoms with van der Waals surface area (Å²) in [5.74, 6) is -0.144. The smallest absolute Gasteiger partial charge is 0.345 e. The van der Waals surface area contributed by atoms with Crippen molar-refractivity contribution in [3.63, 3.8) is 0 Å². The van der Waals surface area contributed by atoms with E-state index in [-0.39, 0.29) is 12.0 Å². The van der Waals surface area contributed by atoms with Crippen molar-refractivity contribution in [2.45, 2.75) is 0 Å². The van der Waals surface area contributed by atoms with Gasteiger partial charge in [-0.3, -0.25) is 4.79 Å². The first-order chi connectivity index (χ1) is 6.27. The molecule has 13 heavy (non-hydrogen) atoms. The molecule has 0 aromatic heterocycles. The van der Waals surface area contributed by atoms with Crippen molar-refractivity contribution >= 4 is 12.4 Å². The predicted octanol–water partition coefficient (Wildman–Crippen LogP) is 1.01. The van der Waals surface area contributed by atoms with Crippen LogP contribution < -0.4 is 4.74 Å². The zero-order chi connectivity index (χ0) is 9.68. The molecule has 0 amide bonds. The molecule has 1 rings (SSSR count). The van der Waals surface area contributed by atoms with E-state index in [1.807, 2.05) is 0 Å². The Kier molecular flexibility index (Phi) is 3.03. The number of rotatable bonds is 3. The first-order valence-corrected chi connectivity index (χ1v) is 3.56. The zero-order valence-corrected chi connectivity index (χ0v) is 7.02. The summed E-state index contributed by atoms with van der Waals surface area (Å²) in [7, 11) is 1.49. The number of hydrogen-bond donors (Lipinski definition) is 0. The zero-order valence-electron chi connectivity index (χ0n) is 7.02. The molecule has 0 unspecified atom stereocenters. The molecule has 0 aliphatic rings. The van der Waals surface area contributed by atoms with Crippen molar-refractivity contribution in [1.29, 1.82) is 0 Å². The quantitative estimate of drug-likeness (QED) is 0.395. The molecule has 0 aliphatic carbocycles. The van der Waals surface area contributed by atoms with Crippen LogP contribution in [0.3, 0.4) is 0 Å². The van der Waals surface area contributed by atoms with Crippen LogP contribution in [0.25, 0.3) is 0 Å². The number of carbonyl (C=O) groups is 2. The molecular formula is C9H8O4. The molecule has 0 radical (unpaired) electrons. The summed E-state index contributed by atoms with van der Waals surface area (Å²) in [6.07, 6.45) is 0. The van der Waals surface area contributed by atoms with E-state index in [2.05, 4.69) is 4.74 Å². The second-order valence-electron chi connectivity index (χ2n) is 2.23. The van der Waals surface area contributed by atoms with Crippen LogP contribution in [0.15, 0.2) is 24.3 Å². The van der Waals surface area contributed by atoms with E-state index in [0.717, 1.165) is 0 Å². The van der Waals surface area contributed by atoms with Crippen LogP contribution >= 0.6 is 0 Å². The summed E-state index contributed by atoms with van der Waals surface area (Å²) in [5, 5.41) is 0. The van der Waals surface area contributed by atoms with Gasteiger partial charge in [-0.15, -0.1) is 0 Å². The molecule has 0 aliphatic heterocycles. The van der Waals surface area contributed by atoms with Gasteiger partial charge < -0.3 is 9.47 Å². The van der Waals surface area contributed by atoms with Crippen LogP contribution in [0.2, 0.25) is 0 Å². The third-order valence-corrected chi connectivity index (χ3v) is 1.46. The molecule has 68 valence electrons. The second-order valence-corrected chi connectivity index (χ2v) is 2.23. The maximum absolute atomic E-state index is 11.0. The van der Waals surface area contributed by atoms with E-state index in [0.29, 0.717) is 5.75 Å². The molecule has 4 heteroatoms. The third kappa shape index (κ3) is 2.30. The lowest BCUT2D eigenvalue weighted by Crippen LogP contribution is -2.03. The molecule has 0 N–H and O–H groups in total. The van der Waals surface area contributed by atoms with Crippen LogP contribution in [0.4, 0.5) is 0 Å². The van der Waals surface area contributed by atoms with Gasteiger partial charge in [-0.25, -0.2) is 4.79 Å². The highest BCUT2D eigenvalue weighted by molar-refractivity contribution is 5.93. The van der Waals surface area contributed by atoms with Gasteiger partial charge >= 0.3 is 12.4 Å².